The van der Waals surface area contributed by atoms with Gasteiger partial charge in [0.2, 0.25) is 5.91 Å². The summed E-state index contributed by atoms with van der Waals surface area (Å²) in [5.41, 5.74) is 2.17. The third-order valence-corrected chi connectivity index (χ3v) is 5.72. The van der Waals surface area contributed by atoms with Crippen LogP contribution >= 0.6 is 22.9 Å². The minimum Gasteiger partial charge on any atom is -0.300 e. The number of carbonyl (C=O) groups excluding carboxylic acids is 1. The van der Waals surface area contributed by atoms with Gasteiger partial charge in [-0.25, -0.2) is 9.67 Å². The van der Waals surface area contributed by atoms with Crippen molar-refractivity contribution in [2.75, 3.05) is 5.32 Å². The van der Waals surface area contributed by atoms with Crippen LogP contribution in [0, 0.1) is 0 Å². The summed E-state index contributed by atoms with van der Waals surface area (Å²) in [6.07, 6.45) is 4.29. The van der Waals surface area contributed by atoms with Gasteiger partial charge in [0.25, 0.3) is 5.56 Å². The molecule has 3 aromatic rings. The highest BCUT2D eigenvalue weighted by Crippen LogP contribution is 2.29. The molecule has 27 heavy (non-hydrogen) atoms. The average molecular weight is 401 g/mol. The first-order chi connectivity index (χ1) is 13.1. The molecule has 1 aromatic carbocycles. The topological polar surface area (TPSA) is 76.9 Å². The molecule has 1 aliphatic carbocycles. The van der Waals surface area contributed by atoms with Crippen LogP contribution in [0.3, 0.4) is 0 Å². The van der Waals surface area contributed by atoms with Crippen LogP contribution in [-0.2, 0) is 24.2 Å². The number of aryl methyl sites for hydroxylation is 2. The van der Waals surface area contributed by atoms with Crippen LogP contribution in [0.25, 0.3) is 11.3 Å². The molecule has 0 unspecified atom stereocenters. The molecule has 0 aliphatic heterocycles. The first kappa shape index (κ1) is 17.9. The summed E-state index contributed by atoms with van der Waals surface area (Å²) in [5, 5.41) is 8.31. The normalized spacial score (nSPS) is 13.2. The Morgan fingerprint density at radius 2 is 1.93 bits per heavy atom. The van der Waals surface area contributed by atoms with Crippen LogP contribution in [0.2, 0.25) is 5.02 Å². The second kappa shape index (κ2) is 7.62. The molecule has 138 valence electrons. The van der Waals surface area contributed by atoms with Crippen molar-refractivity contribution in [3.05, 3.63) is 62.3 Å². The molecule has 0 bridgehead atoms. The van der Waals surface area contributed by atoms with Crippen molar-refractivity contribution in [1.29, 1.82) is 0 Å². The van der Waals surface area contributed by atoms with Gasteiger partial charge in [-0.2, -0.15) is 5.10 Å². The van der Waals surface area contributed by atoms with Crippen LogP contribution in [0.1, 0.15) is 23.4 Å². The van der Waals surface area contributed by atoms with Gasteiger partial charge in [-0.3, -0.25) is 9.59 Å². The van der Waals surface area contributed by atoms with E-state index in [1.54, 1.807) is 18.2 Å². The number of rotatable bonds is 4. The molecule has 1 amide bonds. The van der Waals surface area contributed by atoms with Crippen LogP contribution < -0.4 is 10.9 Å². The minimum absolute atomic E-state index is 0.162. The summed E-state index contributed by atoms with van der Waals surface area (Å²) in [4.78, 5) is 30.2. The number of nitrogens with one attached hydrogen (secondary N) is 1. The van der Waals surface area contributed by atoms with Gasteiger partial charge in [0.1, 0.15) is 6.54 Å². The lowest BCUT2D eigenvalue weighted by molar-refractivity contribution is -0.117. The molecule has 0 spiro atoms. The fraction of sp³-hybridized carbons (Fsp3) is 0.263. The van der Waals surface area contributed by atoms with Crippen molar-refractivity contribution in [3.8, 4) is 11.3 Å². The van der Waals surface area contributed by atoms with Gasteiger partial charge in [0.05, 0.1) is 11.4 Å². The van der Waals surface area contributed by atoms with E-state index in [2.05, 4.69) is 15.4 Å². The van der Waals surface area contributed by atoms with Gasteiger partial charge in [0.15, 0.2) is 5.13 Å². The summed E-state index contributed by atoms with van der Waals surface area (Å²) in [7, 11) is 0. The number of nitrogens with zero attached hydrogens (tertiary/aromatic N) is 3. The number of benzene rings is 1. The van der Waals surface area contributed by atoms with Gasteiger partial charge in [-0.05, 0) is 43.9 Å². The Bertz CT molecular complexity index is 1020. The van der Waals surface area contributed by atoms with Crippen molar-refractivity contribution in [2.45, 2.75) is 32.2 Å². The molecule has 2 heterocycles. The fourth-order valence-corrected chi connectivity index (χ4v) is 4.23. The minimum atomic E-state index is -0.332. The average Bonchev–Trinajstić information content (AvgIpc) is 3.06. The van der Waals surface area contributed by atoms with Crippen molar-refractivity contribution >= 4 is 34.0 Å². The van der Waals surface area contributed by atoms with Gasteiger partial charge >= 0.3 is 0 Å². The zero-order chi connectivity index (χ0) is 18.8. The maximum absolute atomic E-state index is 12.4. The molecule has 0 radical (unpaired) electrons. The summed E-state index contributed by atoms with van der Waals surface area (Å²) in [5.74, 6) is -0.316. The Kier molecular flexibility index (Phi) is 5.05. The molecule has 0 fully saturated rings. The first-order valence-corrected chi connectivity index (χ1v) is 9.90. The van der Waals surface area contributed by atoms with E-state index in [-0.39, 0.29) is 18.0 Å². The number of carbonyl (C=O) groups is 1. The van der Waals surface area contributed by atoms with Crippen molar-refractivity contribution < 1.29 is 4.79 Å². The Morgan fingerprint density at radius 3 is 2.70 bits per heavy atom. The molecule has 8 heteroatoms. The monoisotopic (exact) mass is 400 g/mol. The first-order valence-electron chi connectivity index (χ1n) is 8.71. The second-order valence-electron chi connectivity index (χ2n) is 6.37. The summed E-state index contributed by atoms with van der Waals surface area (Å²) < 4.78 is 1.16. The Hall–Kier alpha value is -2.51. The lowest BCUT2D eigenvalue weighted by Gasteiger charge is -2.07. The van der Waals surface area contributed by atoms with E-state index in [4.69, 9.17) is 11.6 Å². The molecule has 1 aliphatic rings. The highest BCUT2D eigenvalue weighted by molar-refractivity contribution is 7.15. The number of fused-ring (bicyclic) bond motifs is 1. The fourth-order valence-electron chi connectivity index (χ4n) is 3.04. The predicted octanol–water partition coefficient (Wildman–Crippen LogP) is 3.54. The van der Waals surface area contributed by atoms with E-state index in [1.165, 1.54) is 28.7 Å². The van der Waals surface area contributed by atoms with E-state index in [0.29, 0.717) is 15.8 Å². The highest BCUT2D eigenvalue weighted by atomic mass is 35.5. The number of hydrogen-bond donors (Lipinski definition) is 1. The number of hydrogen-bond acceptors (Lipinski definition) is 5. The summed E-state index contributed by atoms with van der Waals surface area (Å²) in [6, 6.07) is 10.2. The number of amides is 1. The van der Waals surface area contributed by atoms with E-state index < -0.39 is 0 Å². The Labute approximate surface area is 164 Å². The summed E-state index contributed by atoms with van der Waals surface area (Å²) >= 11 is 7.42. The SMILES string of the molecule is O=C(Cn1nc(-c2ccc(Cl)cc2)ccc1=O)Nc1nc2c(s1)CCCC2. The summed E-state index contributed by atoms with van der Waals surface area (Å²) in [6.45, 7) is -0.162. The van der Waals surface area contributed by atoms with Gasteiger partial charge < -0.3 is 5.32 Å². The van der Waals surface area contributed by atoms with Crippen LogP contribution in [0.15, 0.2) is 41.2 Å². The molecule has 4 rings (SSSR count). The number of aromatic nitrogens is 3. The Balaban J connectivity index is 1.50. The van der Waals surface area contributed by atoms with E-state index in [1.807, 2.05) is 12.1 Å². The third-order valence-electron chi connectivity index (χ3n) is 4.39. The zero-order valence-electron chi connectivity index (χ0n) is 14.4. The Morgan fingerprint density at radius 1 is 1.15 bits per heavy atom. The predicted molar refractivity (Wildman–Crippen MR) is 106 cm³/mol. The lowest BCUT2D eigenvalue weighted by Crippen LogP contribution is -2.29. The molecule has 6 nitrogen and oxygen atoms in total. The van der Waals surface area contributed by atoms with Crippen molar-refractivity contribution in [3.63, 3.8) is 0 Å². The quantitative estimate of drug-likeness (QED) is 0.726. The second-order valence-corrected chi connectivity index (χ2v) is 7.89. The lowest BCUT2D eigenvalue weighted by atomic mass is 10.0. The number of anilines is 1. The van der Waals surface area contributed by atoms with Crippen LogP contribution in [0.5, 0.6) is 0 Å². The zero-order valence-corrected chi connectivity index (χ0v) is 16.0. The van der Waals surface area contributed by atoms with Crippen molar-refractivity contribution in [2.24, 2.45) is 0 Å². The molecular weight excluding hydrogens is 384 g/mol. The van der Waals surface area contributed by atoms with E-state index >= 15 is 0 Å². The maximum atomic E-state index is 12.4. The number of halogens is 1. The largest absolute Gasteiger partial charge is 0.300 e. The van der Waals surface area contributed by atoms with Gasteiger partial charge in [-0.15, -0.1) is 11.3 Å². The highest BCUT2D eigenvalue weighted by Gasteiger charge is 2.17. The standard InChI is InChI=1S/C19H17ClN4O2S/c20-13-7-5-12(6-8-13)14-9-10-18(26)24(23-14)11-17(25)22-19-21-15-3-1-2-4-16(15)27-19/h5-10H,1-4,11H2,(H,21,22,25). The molecule has 2 aromatic heterocycles. The molecular formula is C19H17ClN4O2S. The van der Waals surface area contributed by atoms with Crippen molar-refractivity contribution in [1.82, 2.24) is 14.8 Å². The molecule has 0 atom stereocenters. The molecule has 0 saturated carbocycles. The number of thiazole rings is 1. The third kappa shape index (κ3) is 4.09. The smallest absolute Gasteiger partial charge is 0.267 e. The molecule has 1 N–H and O–H groups in total. The van der Waals surface area contributed by atoms with E-state index in [9.17, 15) is 9.59 Å². The molecule has 0 saturated heterocycles. The van der Waals surface area contributed by atoms with E-state index in [0.717, 1.165) is 35.2 Å². The van der Waals surface area contributed by atoms with Crippen LogP contribution in [0.4, 0.5) is 5.13 Å². The van der Waals surface area contributed by atoms with Gasteiger partial charge in [0, 0.05) is 21.5 Å². The van der Waals surface area contributed by atoms with Crippen LogP contribution in [-0.4, -0.2) is 20.7 Å². The van der Waals surface area contributed by atoms with Gasteiger partial charge in [-0.1, -0.05) is 23.7 Å². The maximum Gasteiger partial charge on any atom is 0.267 e.